The van der Waals surface area contributed by atoms with Gasteiger partial charge in [-0.2, -0.15) is 5.10 Å². The van der Waals surface area contributed by atoms with E-state index >= 15 is 0 Å². The Kier molecular flexibility index (Phi) is 3.69. The summed E-state index contributed by atoms with van der Waals surface area (Å²) >= 11 is 0. The molecule has 1 saturated carbocycles. The fourth-order valence-electron chi connectivity index (χ4n) is 3.00. The summed E-state index contributed by atoms with van der Waals surface area (Å²) in [6, 6.07) is 1.75. The van der Waals surface area contributed by atoms with Gasteiger partial charge in [-0.05, 0) is 38.2 Å². The van der Waals surface area contributed by atoms with Gasteiger partial charge in [0.1, 0.15) is 6.04 Å². The quantitative estimate of drug-likeness (QED) is 0.868. The summed E-state index contributed by atoms with van der Waals surface area (Å²) in [7, 11) is 0. The number of nitrogens with one attached hydrogen (secondary N) is 1. The van der Waals surface area contributed by atoms with Gasteiger partial charge in [-0.3, -0.25) is 14.3 Å². The lowest BCUT2D eigenvalue weighted by Crippen LogP contribution is -2.58. The van der Waals surface area contributed by atoms with E-state index in [2.05, 4.69) is 17.3 Å². The van der Waals surface area contributed by atoms with Crippen LogP contribution in [0.25, 0.3) is 0 Å². The summed E-state index contributed by atoms with van der Waals surface area (Å²) in [5.74, 6) is 0.335. The summed E-state index contributed by atoms with van der Waals surface area (Å²) in [6.07, 6.45) is 2.95. The number of nitrogens with zero attached hydrogens (tertiary/aromatic N) is 3. The van der Waals surface area contributed by atoms with Gasteiger partial charge in [0.2, 0.25) is 11.8 Å². The average Bonchev–Trinajstić information content (AvgIpc) is 3.23. The molecule has 1 aromatic heterocycles. The maximum absolute atomic E-state index is 12.2. The zero-order valence-corrected chi connectivity index (χ0v) is 12.6. The molecule has 1 aliphatic heterocycles. The van der Waals surface area contributed by atoms with Crippen molar-refractivity contribution in [2.75, 3.05) is 6.54 Å². The Bertz CT molecular complexity index is 562. The van der Waals surface area contributed by atoms with Crippen molar-refractivity contribution >= 4 is 11.8 Å². The maximum Gasteiger partial charge on any atom is 0.243 e. The number of hydrogen-bond acceptors (Lipinski definition) is 3. The number of carbonyl (C=O) groups is 2. The van der Waals surface area contributed by atoms with Crippen molar-refractivity contribution in [1.29, 1.82) is 0 Å². The first-order valence-corrected chi connectivity index (χ1v) is 7.76. The molecule has 2 aliphatic rings. The van der Waals surface area contributed by atoms with E-state index < -0.39 is 0 Å². The van der Waals surface area contributed by atoms with Crippen LogP contribution in [-0.2, 0) is 29.1 Å². The van der Waals surface area contributed by atoms with Gasteiger partial charge in [0.15, 0.2) is 0 Å². The van der Waals surface area contributed by atoms with Crippen LogP contribution in [0.4, 0.5) is 0 Å². The molecule has 3 rings (SSSR count). The molecular weight excluding hydrogens is 268 g/mol. The van der Waals surface area contributed by atoms with Gasteiger partial charge in [0, 0.05) is 6.54 Å². The van der Waals surface area contributed by atoms with Crippen molar-refractivity contribution in [3.63, 3.8) is 0 Å². The fourth-order valence-corrected chi connectivity index (χ4v) is 3.00. The standard InChI is InChI=1S/C15H22N4O2/c1-3-11-7-12(19(4-2)17-11)9-18-13(20)8-16-15(21)14(18)10-5-6-10/h7,10,14H,3-6,8-9H2,1-2H3,(H,16,21). The molecule has 1 N–H and O–H groups in total. The Morgan fingerprint density at radius 1 is 1.33 bits per heavy atom. The van der Waals surface area contributed by atoms with E-state index in [9.17, 15) is 9.59 Å². The Morgan fingerprint density at radius 3 is 2.71 bits per heavy atom. The van der Waals surface area contributed by atoms with Crippen LogP contribution in [-0.4, -0.2) is 39.1 Å². The van der Waals surface area contributed by atoms with E-state index in [0.29, 0.717) is 12.5 Å². The van der Waals surface area contributed by atoms with Crippen LogP contribution in [0.5, 0.6) is 0 Å². The van der Waals surface area contributed by atoms with Crippen LogP contribution in [0, 0.1) is 5.92 Å². The van der Waals surface area contributed by atoms with Crippen LogP contribution >= 0.6 is 0 Å². The molecule has 1 saturated heterocycles. The molecule has 1 aromatic rings. The van der Waals surface area contributed by atoms with Gasteiger partial charge >= 0.3 is 0 Å². The molecular formula is C15H22N4O2. The van der Waals surface area contributed by atoms with Crippen LogP contribution in [0.2, 0.25) is 0 Å². The maximum atomic E-state index is 12.2. The van der Waals surface area contributed by atoms with Gasteiger partial charge < -0.3 is 10.2 Å². The second-order valence-electron chi connectivity index (χ2n) is 5.82. The van der Waals surface area contributed by atoms with Crippen LogP contribution < -0.4 is 5.32 Å². The molecule has 2 heterocycles. The van der Waals surface area contributed by atoms with Crippen molar-refractivity contribution in [2.24, 2.45) is 5.92 Å². The molecule has 2 amide bonds. The number of piperazine rings is 1. The summed E-state index contributed by atoms with van der Waals surface area (Å²) in [4.78, 5) is 26.1. The van der Waals surface area contributed by atoms with Crippen molar-refractivity contribution < 1.29 is 9.59 Å². The minimum atomic E-state index is -0.295. The summed E-state index contributed by atoms with van der Waals surface area (Å²) < 4.78 is 1.93. The van der Waals surface area contributed by atoms with Crippen molar-refractivity contribution in [2.45, 2.75) is 52.2 Å². The first kappa shape index (κ1) is 14.1. The highest BCUT2D eigenvalue weighted by atomic mass is 16.2. The highest BCUT2D eigenvalue weighted by Crippen LogP contribution is 2.37. The SMILES string of the molecule is CCc1cc(CN2C(=O)CNC(=O)C2C2CC2)n(CC)n1. The normalized spacial score (nSPS) is 22.6. The number of hydrogen-bond donors (Lipinski definition) is 1. The molecule has 114 valence electrons. The summed E-state index contributed by atoms with van der Waals surface area (Å²) in [6.45, 7) is 5.48. The third-order valence-electron chi connectivity index (χ3n) is 4.32. The Hall–Kier alpha value is -1.85. The van der Waals surface area contributed by atoms with E-state index in [-0.39, 0.29) is 24.4 Å². The minimum absolute atomic E-state index is 0.00428. The number of aryl methyl sites for hydroxylation is 2. The van der Waals surface area contributed by atoms with Crippen molar-refractivity contribution in [3.8, 4) is 0 Å². The second kappa shape index (κ2) is 5.50. The molecule has 0 aromatic carbocycles. The molecule has 0 spiro atoms. The Labute approximate surface area is 124 Å². The third-order valence-corrected chi connectivity index (χ3v) is 4.32. The van der Waals surface area contributed by atoms with Gasteiger partial charge in [-0.1, -0.05) is 6.92 Å². The average molecular weight is 290 g/mol. The highest BCUT2D eigenvalue weighted by Gasteiger charge is 2.44. The molecule has 2 fully saturated rings. The van der Waals surface area contributed by atoms with E-state index in [1.54, 1.807) is 4.90 Å². The highest BCUT2D eigenvalue weighted by molar-refractivity contribution is 5.95. The minimum Gasteiger partial charge on any atom is -0.345 e. The van der Waals surface area contributed by atoms with E-state index in [1.807, 2.05) is 17.7 Å². The fraction of sp³-hybridized carbons (Fsp3) is 0.667. The first-order valence-electron chi connectivity index (χ1n) is 7.76. The number of carbonyl (C=O) groups excluding carboxylic acids is 2. The number of rotatable bonds is 5. The lowest BCUT2D eigenvalue weighted by atomic mass is 10.1. The van der Waals surface area contributed by atoms with Crippen molar-refractivity contribution in [3.05, 3.63) is 17.5 Å². The van der Waals surface area contributed by atoms with Crippen LogP contribution in [0.3, 0.4) is 0 Å². The third kappa shape index (κ3) is 2.66. The van der Waals surface area contributed by atoms with E-state index in [4.69, 9.17) is 0 Å². The molecule has 1 aliphatic carbocycles. The smallest absolute Gasteiger partial charge is 0.243 e. The zero-order valence-electron chi connectivity index (χ0n) is 12.6. The predicted molar refractivity (Wildman–Crippen MR) is 77.4 cm³/mol. The van der Waals surface area contributed by atoms with Gasteiger partial charge in [0.25, 0.3) is 0 Å². The van der Waals surface area contributed by atoms with Gasteiger partial charge in [-0.15, -0.1) is 0 Å². The first-order chi connectivity index (χ1) is 10.1. The number of aromatic nitrogens is 2. The van der Waals surface area contributed by atoms with E-state index in [1.165, 1.54) is 0 Å². The second-order valence-corrected chi connectivity index (χ2v) is 5.82. The lowest BCUT2D eigenvalue weighted by Gasteiger charge is -2.35. The molecule has 21 heavy (non-hydrogen) atoms. The monoisotopic (exact) mass is 290 g/mol. The zero-order chi connectivity index (χ0) is 15.0. The van der Waals surface area contributed by atoms with E-state index in [0.717, 1.165) is 37.2 Å². The summed E-state index contributed by atoms with van der Waals surface area (Å²) in [5.41, 5.74) is 2.05. The molecule has 1 unspecified atom stereocenters. The summed E-state index contributed by atoms with van der Waals surface area (Å²) in [5, 5.41) is 7.23. The number of amides is 2. The molecule has 6 nitrogen and oxygen atoms in total. The molecule has 0 bridgehead atoms. The topological polar surface area (TPSA) is 67.2 Å². The van der Waals surface area contributed by atoms with Crippen molar-refractivity contribution in [1.82, 2.24) is 20.0 Å². The van der Waals surface area contributed by atoms with Crippen LogP contribution in [0.15, 0.2) is 6.07 Å². The largest absolute Gasteiger partial charge is 0.345 e. The van der Waals surface area contributed by atoms with Crippen LogP contribution in [0.1, 0.15) is 38.1 Å². The Morgan fingerprint density at radius 2 is 2.10 bits per heavy atom. The molecule has 0 radical (unpaired) electrons. The van der Waals surface area contributed by atoms with Gasteiger partial charge in [0.05, 0.1) is 24.5 Å². The van der Waals surface area contributed by atoms with Gasteiger partial charge in [-0.25, -0.2) is 0 Å². The molecule has 1 atom stereocenters. The Balaban J connectivity index is 1.85. The predicted octanol–water partition coefficient (Wildman–Crippen LogP) is 0.702. The lowest BCUT2D eigenvalue weighted by molar-refractivity contribution is -0.147. The molecule has 6 heteroatoms.